The van der Waals surface area contributed by atoms with Crippen LogP contribution in [0.2, 0.25) is 0 Å². The van der Waals surface area contributed by atoms with E-state index in [4.69, 9.17) is 4.55 Å². The van der Waals surface area contributed by atoms with Crippen molar-refractivity contribution in [3.63, 3.8) is 0 Å². The highest BCUT2D eigenvalue weighted by atomic mass is 32.2. The first kappa shape index (κ1) is 18.3. The molecule has 0 heterocycles. The standard InChI is InChI=1S/C12H17NO5S3/c1-19-8-7-11(12(14)20(15)16)13-21(17,18)9-10-5-3-2-4-6-10/h2-6,11,13H,7-9H2,1H3,(H,15,16)/t11-/m0/s1. The summed E-state index contributed by atoms with van der Waals surface area (Å²) < 4.78 is 46.0. The predicted molar refractivity (Wildman–Crippen MR) is 84.8 cm³/mol. The van der Waals surface area contributed by atoms with E-state index < -0.39 is 32.3 Å². The monoisotopic (exact) mass is 351 g/mol. The molecule has 0 aliphatic heterocycles. The summed E-state index contributed by atoms with van der Waals surface area (Å²) in [7, 11) is -3.77. The summed E-state index contributed by atoms with van der Waals surface area (Å²) in [6.07, 6.45) is 1.97. The number of hydrogen-bond acceptors (Lipinski definition) is 5. The number of rotatable bonds is 8. The van der Waals surface area contributed by atoms with E-state index in [2.05, 4.69) is 4.72 Å². The van der Waals surface area contributed by atoms with Crippen LogP contribution in [0.15, 0.2) is 30.3 Å². The highest BCUT2D eigenvalue weighted by molar-refractivity contribution is 7.98. The first-order valence-corrected chi connectivity index (χ1v) is 10.2. The Morgan fingerprint density at radius 3 is 2.52 bits per heavy atom. The minimum absolute atomic E-state index is 0.167. The molecular weight excluding hydrogens is 334 g/mol. The molecule has 0 amide bonds. The summed E-state index contributed by atoms with van der Waals surface area (Å²) in [5, 5.41) is -1.03. The molecule has 0 radical (unpaired) electrons. The summed E-state index contributed by atoms with van der Waals surface area (Å²) in [6, 6.07) is 7.32. The van der Waals surface area contributed by atoms with Crippen LogP contribution in [0.3, 0.4) is 0 Å². The van der Waals surface area contributed by atoms with Gasteiger partial charge in [-0.2, -0.15) is 11.8 Å². The zero-order valence-electron chi connectivity index (χ0n) is 11.4. The summed E-state index contributed by atoms with van der Waals surface area (Å²) in [5.41, 5.74) is 0.575. The third-order valence-corrected chi connectivity index (χ3v) is 5.22. The van der Waals surface area contributed by atoms with E-state index in [-0.39, 0.29) is 12.2 Å². The fourth-order valence-electron chi connectivity index (χ4n) is 1.63. The topological polar surface area (TPSA) is 101 Å². The molecule has 0 fully saturated rings. The minimum atomic E-state index is -3.77. The maximum atomic E-state index is 12.0. The van der Waals surface area contributed by atoms with Crippen molar-refractivity contribution in [1.82, 2.24) is 4.72 Å². The number of benzene rings is 1. The van der Waals surface area contributed by atoms with Gasteiger partial charge in [0, 0.05) is 0 Å². The average molecular weight is 351 g/mol. The Morgan fingerprint density at radius 1 is 1.38 bits per heavy atom. The molecule has 0 aromatic heterocycles. The van der Waals surface area contributed by atoms with E-state index in [0.29, 0.717) is 11.3 Å². The van der Waals surface area contributed by atoms with Gasteiger partial charge in [0.15, 0.2) is 0 Å². The third kappa shape index (κ3) is 6.70. The quantitative estimate of drug-likeness (QED) is 0.677. The molecule has 1 rings (SSSR count). The smallest absolute Gasteiger partial charge is 0.263 e. The second kappa shape index (κ2) is 8.64. The molecule has 2 atom stereocenters. The number of carbonyl (C=O) groups excluding carboxylic acids is 1. The van der Waals surface area contributed by atoms with Crippen LogP contribution in [0, 0.1) is 0 Å². The summed E-state index contributed by atoms with van der Waals surface area (Å²) in [5.74, 6) is 0.219. The molecule has 0 aliphatic carbocycles. The van der Waals surface area contributed by atoms with E-state index in [0.717, 1.165) is 0 Å². The average Bonchev–Trinajstić information content (AvgIpc) is 2.43. The molecule has 2 N–H and O–H groups in total. The van der Waals surface area contributed by atoms with Gasteiger partial charge < -0.3 is 0 Å². The van der Waals surface area contributed by atoms with Crippen LogP contribution < -0.4 is 4.72 Å². The fraction of sp³-hybridized carbons (Fsp3) is 0.417. The lowest BCUT2D eigenvalue weighted by Crippen LogP contribution is -2.43. The molecule has 1 unspecified atom stereocenters. The predicted octanol–water partition coefficient (Wildman–Crippen LogP) is 0.976. The van der Waals surface area contributed by atoms with Crippen molar-refractivity contribution in [2.45, 2.75) is 18.2 Å². The van der Waals surface area contributed by atoms with Gasteiger partial charge in [-0.1, -0.05) is 30.3 Å². The van der Waals surface area contributed by atoms with Crippen LogP contribution in [-0.4, -0.2) is 40.3 Å². The van der Waals surface area contributed by atoms with Crippen molar-refractivity contribution < 1.29 is 22.0 Å². The summed E-state index contributed by atoms with van der Waals surface area (Å²) in [4.78, 5) is 11.6. The Labute approximate surface area is 131 Å². The van der Waals surface area contributed by atoms with Gasteiger partial charge in [0.2, 0.25) is 21.1 Å². The maximum Gasteiger partial charge on any atom is 0.263 e. The highest BCUT2D eigenvalue weighted by Gasteiger charge is 2.27. The molecule has 6 nitrogen and oxygen atoms in total. The van der Waals surface area contributed by atoms with Crippen LogP contribution in [0.4, 0.5) is 0 Å². The fourth-order valence-corrected chi connectivity index (χ4v) is 3.97. The van der Waals surface area contributed by atoms with Crippen molar-refractivity contribution in [3.8, 4) is 0 Å². The maximum absolute atomic E-state index is 12.0. The van der Waals surface area contributed by atoms with Crippen LogP contribution in [0.1, 0.15) is 12.0 Å². The Hall–Kier alpha value is -0.740. The number of sulfonamides is 1. The number of thioether (sulfide) groups is 1. The van der Waals surface area contributed by atoms with Crippen molar-refractivity contribution in [2.75, 3.05) is 12.0 Å². The molecule has 1 aromatic carbocycles. The molecule has 0 aliphatic rings. The van der Waals surface area contributed by atoms with Gasteiger partial charge in [0.25, 0.3) is 5.12 Å². The molecule has 21 heavy (non-hydrogen) atoms. The molecule has 1 aromatic rings. The molecule has 0 bridgehead atoms. The van der Waals surface area contributed by atoms with E-state index in [1.54, 1.807) is 36.6 Å². The van der Waals surface area contributed by atoms with Crippen molar-refractivity contribution in [1.29, 1.82) is 0 Å². The Kier molecular flexibility index (Phi) is 7.53. The van der Waals surface area contributed by atoms with Gasteiger partial charge in [-0.25, -0.2) is 17.3 Å². The molecular formula is C12H17NO5S3. The second-order valence-corrected chi connectivity index (χ2v) is 7.90. The van der Waals surface area contributed by atoms with Crippen LogP contribution in [0.25, 0.3) is 0 Å². The van der Waals surface area contributed by atoms with E-state index in [9.17, 15) is 17.4 Å². The van der Waals surface area contributed by atoms with Crippen molar-refractivity contribution >= 4 is 38.0 Å². The zero-order chi connectivity index (χ0) is 15.9. The minimum Gasteiger partial charge on any atom is -0.300 e. The SMILES string of the molecule is CSCC[C@H](NS(=O)(=O)Cc1ccccc1)C(=O)S(=O)O. The summed E-state index contributed by atoms with van der Waals surface area (Å²) >= 11 is -1.28. The van der Waals surface area contributed by atoms with Crippen LogP contribution >= 0.6 is 11.8 Å². The Bertz CT molecular complexity index is 588. The molecule has 9 heteroatoms. The zero-order valence-corrected chi connectivity index (χ0v) is 13.8. The van der Waals surface area contributed by atoms with Gasteiger partial charge in [-0.3, -0.25) is 9.35 Å². The number of hydrogen-bond donors (Lipinski definition) is 2. The molecule has 0 saturated heterocycles. The van der Waals surface area contributed by atoms with Crippen LogP contribution in [0.5, 0.6) is 0 Å². The Balaban J connectivity index is 2.80. The van der Waals surface area contributed by atoms with E-state index >= 15 is 0 Å². The van der Waals surface area contributed by atoms with Crippen molar-refractivity contribution in [2.24, 2.45) is 0 Å². The lowest BCUT2D eigenvalue weighted by atomic mass is 10.2. The Morgan fingerprint density at radius 2 is 2.00 bits per heavy atom. The van der Waals surface area contributed by atoms with Gasteiger partial charge in [-0.15, -0.1) is 0 Å². The van der Waals surface area contributed by atoms with Gasteiger partial charge in [0.05, 0.1) is 11.8 Å². The molecule has 118 valence electrons. The highest BCUT2D eigenvalue weighted by Crippen LogP contribution is 2.09. The van der Waals surface area contributed by atoms with Gasteiger partial charge in [-0.05, 0) is 24.0 Å². The lowest BCUT2D eigenvalue weighted by Gasteiger charge is -2.15. The molecule has 0 saturated carbocycles. The largest absolute Gasteiger partial charge is 0.300 e. The normalized spacial score (nSPS) is 14.6. The number of nitrogens with one attached hydrogen (secondary N) is 1. The summed E-state index contributed by atoms with van der Waals surface area (Å²) in [6.45, 7) is 0. The van der Waals surface area contributed by atoms with E-state index in [1.807, 2.05) is 0 Å². The molecule has 0 spiro atoms. The number of carbonyl (C=O) groups is 1. The van der Waals surface area contributed by atoms with Crippen molar-refractivity contribution in [3.05, 3.63) is 35.9 Å². The second-order valence-electron chi connectivity index (χ2n) is 4.26. The van der Waals surface area contributed by atoms with Gasteiger partial charge in [0.1, 0.15) is 0 Å². The van der Waals surface area contributed by atoms with E-state index in [1.165, 1.54) is 11.8 Å². The first-order chi connectivity index (χ1) is 9.85. The lowest BCUT2D eigenvalue weighted by molar-refractivity contribution is -0.113. The van der Waals surface area contributed by atoms with Gasteiger partial charge >= 0.3 is 0 Å². The first-order valence-electron chi connectivity index (χ1n) is 6.03. The third-order valence-electron chi connectivity index (χ3n) is 2.59. The van der Waals surface area contributed by atoms with Crippen LogP contribution in [-0.2, 0) is 31.7 Å².